The Hall–Kier alpha value is -1.51. The molecule has 0 aromatic heterocycles. The van der Waals surface area contributed by atoms with Gasteiger partial charge >= 0.3 is 0 Å². The van der Waals surface area contributed by atoms with E-state index in [-0.39, 0.29) is 0 Å². The molecule has 1 N–H and O–H groups in total. The van der Waals surface area contributed by atoms with Gasteiger partial charge in [0.1, 0.15) is 0 Å². The van der Waals surface area contributed by atoms with Gasteiger partial charge in [0.15, 0.2) is 0 Å². The van der Waals surface area contributed by atoms with Crippen LogP contribution in [0.15, 0.2) is 40.2 Å². The standard InChI is InChI=1S/C12H15NO2/c1-2-3-6-15-12-8-9-7-10(14)4-5-11(9)13-12/h5,7-8,14H,2-4,6H2,1H3. The van der Waals surface area contributed by atoms with Crippen molar-refractivity contribution >= 4 is 5.90 Å². The van der Waals surface area contributed by atoms with Crippen LogP contribution in [0.3, 0.4) is 0 Å². The Labute approximate surface area is 89.5 Å². The quantitative estimate of drug-likeness (QED) is 0.720. The van der Waals surface area contributed by atoms with Gasteiger partial charge in [-0.15, -0.1) is 0 Å². The van der Waals surface area contributed by atoms with Crippen LogP contribution in [0.4, 0.5) is 0 Å². The van der Waals surface area contributed by atoms with Crippen LogP contribution in [-0.4, -0.2) is 17.6 Å². The molecule has 80 valence electrons. The van der Waals surface area contributed by atoms with Crippen LogP contribution in [-0.2, 0) is 4.74 Å². The number of aliphatic imine (C=N–C) groups is 1. The summed E-state index contributed by atoms with van der Waals surface area (Å²) in [5, 5.41) is 9.34. The first kappa shape index (κ1) is 10.0. The number of rotatable bonds is 3. The molecule has 0 saturated carbocycles. The highest BCUT2D eigenvalue weighted by Gasteiger charge is 2.17. The summed E-state index contributed by atoms with van der Waals surface area (Å²) in [4.78, 5) is 4.32. The summed E-state index contributed by atoms with van der Waals surface area (Å²) < 4.78 is 5.49. The number of allylic oxidation sites excluding steroid dienone is 2. The lowest BCUT2D eigenvalue weighted by atomic mass is 10.1. The smallest absolute Gasteiger partial charge is 0.214 e. The van der Waals surface area contributed by atoms with Gasteiger partial charge < -0.3 is 9.84 Å². The average Bonchev–Trinajstić information content (AvgIpc) is 2.60. The Morgan fingerprint density at radius 3 is 3.13 bits per heavy atom. The van der Waals surface area contributed by atoms with Crippen molar-refractivity contribution in [2.75, 3.05) is 6.61 Å². The zero-order valence-corrected chi connectivity index (χ0v) is 8.86. The van der Waals surface area contributed by atoms with Crippen molar-refractivity contribution in [2.24, 2.45) is 4.99 Å². The topological polar surface area (TPSA) is 41.8 Å². The third-order valence-corrected chi connectivity index (χ3v) is 2.38. The van der Waals surface area contributed by atoms with Crippen molar-refractivity contribution in [2.45, 2.75) is 26.2 Å². The molecular weight excluding hydrogens is 190 g/mol. The van der Waals surface area contributed by atoms with Crippen molar-refractivity contribution in [1.29, 1.82) is 0 Å². The Balaban J connectivity index is 2.00. The normalized spacial score (nSPS) is 18.7. The van der Waals surface area contributed by atoms with Gasteiger partial charge in [-0.3, -0.25) is 0 Å². The van der Waals surface area contributed by atoms with Crippen molar-refractivity contribution in [3.63, 3.8) is 0 Å². The third-order valence-electron chi connectivity index (χ3n) is 2.38. The maximum atomic E-state index is 9.34. The number of hydrogen-bond donors (Lipinski definition) is 1. The van der Waals surface area contributed by atoms with Crippen LogP contribution in [0.2, 0.25) is 0 Å². The molecule has 1 aliphatic heterocycles. The van der Waals surface area contributed by atoms with E-state index < -0.39 is 0 Å². The molecule has 1 heterocycles. The molecule has 2 aliphatic rings. The maximum absolute atomic E-state index is 9.34. The van der Waals surface area contributed by atoms with E-state index >= 15 is 0 Å². The van der Waals surface area contributed by atoms with Crippen LogP contribution in [0.5, 0.6) is 0 Å². The fourth-order valence-electron chi connectivity index (χ4n) is 1.54. The van der Waals surface area contributed by atoms with Crippen LogP contribution < -0.4 is 0 Å². The highest BCUT2D eigenvalue weighted by atomic mass is 16.5. The summed E-state index contributed by atoms with van der Waals surface area (Å²) in [5.74, 6) is 1.05. The number of hydrogen-bond acceptors (Lipinski definition) is 3. The molecule has 3 heteroatoms. The Bertz CT molecular complexity index is 375. The van der Waals surface area contributed by atoms with Gasteiger partial charge in [0.25, 0.3) is 0 Å². The first-order valence-electron chi connectivity index (χ1n) is 5.33. The van der Waals surface area contributed by atoms with Crippen LogP contribution in [0, 0.1) is 0 Å². The van der Waals surface area contributed by atoms with E-state index in [2.05, 4.69) is 11.9 Å². The van der Waals surface area contributed by atoms with Gasteiger partial charge in [0.05, 0.1) is 18.1 Å². The molecule has 15 heavy (non-hydrogen) atoms. The molecule has 0 fully saturated rings. The summed E-state index contributed by atoms with van der Waals surface area (Å²) >= 11 is 0. The summed E-state index contributed by atoms with van der Waals surface area (Å²) in [6, 6.07) is 0. The number of aliphatic hydroxyl groups is 1. The fraction of sp³-hybridized carbons (Fsp3) is 0.417. The van der Waals surface area contributed by atoms with E-state index in [4.69, 9.17) is 4.74 Å². The van der Waals surface area contributed by atoms with Crippen molar-refractivity contribution in [3.05, 3.63) is 35.3 Å². The minimum absolute atomic E-state index is 0.384. The second-order valence-electron chi connectivity index (χ2n) is 3.68. The van der Waals surface area contributed by atoms with E-state index in [0.29, 0.717) is 24.7 Å². The second-order valence-corrected chi connectivity index (χ2v) is 3.68. The molecule has 0 aromatic rings. The minimum Gasteiger partial charge on any atom is -0.512 e. The average molecular weight is 205 g/mol. The third kappa shape index (κ3) is 2.29. The zero-order chi connectivity index (χ0) is 10.7. The summed E-state index contributed by atoms with van der Waals surface area (Å²) in [6.45, 7) is 2.84. The Morgan fingerprint density at radius 2 is 2.33 bits per heavy atom. The number of fused-ring (bicyclic) bond motifs is 1. The monoisotopic (exact) mass is 205 g/mol. The highest BCUT2D eigenvalue weighted by Crippen LogP contribution is 2.27. The predicted octanol–water partition coefficient (Wildman–Crippen LogP) is 2.87. The van der Waals surface area contributed by atoms with E-state index in [1.165, 1.54) is 0 Å². The van der Waals surface area contributed by atoms with Crippen molar-refractivity contribution < 1.29 is 9.84 Å². The molecule has 0 amide bonds. The van der Waals surface area contributed by atoms with Gasteiger partial charge in [-0.05, 0) is 12.5 Å². The number of aliphatic hydroxyl groups excluding tert-OH is 1. The predicted molar refractivity (Wildman–Crippen MR) is 59.8 cm³/mol. The highest BCUT2D eigenvalue weighted by molar-refractivity contribution is 5.94. The number of nitrogens with zero attached hydrogens (tertiary/aromatic N) is 1. The first-order valence-corrected chi connectivity index (χ1v) is 5.33. The van der Waals surface area contributed by atoms with Crippen LogP contribution in [0.1, 0.15) is 26.2 Å². The van der Waals surface area contributed by atoms with E-state index in [1.54, 1.807) is 6.08 Å². The van der Waals surface area contributed by atoms with Gasteiger partial charge in [-0.25, -0.2) is 4.99 Å². The lowest BCUT2D eigenvalue weighted by Gasteiger charge is -2.04. The van der Waals surface area contributed by atoms with Crippen molar-refractivity contribution in [3.8, 4) is 0 Å². The minimum atomic E-state index is 0.384. The maximum Gasteiger partial charge on any atom is 0.214 e. The molecule has 0 bridgehead atoms. The molecule has 0 radical (unpaired) electrons. The van der Waals surface area contributed by atoms with Gasteiger partial charge in [-0.2, -0.15) is 0 Å². The molecule has 0 aromatic carbocycles. The molecule has 3 nitrogen and oxygen atoms in total. The Kier molecular flexibility index (Phi) is 2.90. The lowest BCUT2D eigenvalue weighted by molar-refractivity contribution is 0.300. The second kappa shape index (κ2) is 4.34. The summed E-state index contributed by atoms with van der Waals surface area (Å²) in [5.41, 5.74) is 1.87. The van der Waals surface area contributed by atoms with E-state index in [9.17, 15) is 5.11 Å². The van der Waals surface area contributed by atoms with Gasteiger partial charge in [0, 0.05) is 18.1 Å². The molecule has 0 saturated heterocycles. The largest absolute Gasteiger partial charge is 0.512 e. The number of unbranched alkanes of at least 4 members (excludes halogenated alkanes) is 1. The fourth-order valence-corrected chi connectivity index (χ4v) is 1.54. The molecule has 0 atom stereocenters. The molecule has 1 aliphatic carbocycles. The van der Waals surface area contributed by atoms with Crippen LogP contribution >= 0.6 is 0 Å². The molecule has 0 unspecified atom stereocenters. The van der Waals surface area contributed by atoms with E-state index in [1.807, 2.05) is 12.2 Å². The molecule has 0 spiro atoms. The summed E-state index contributed by atoms with van der Waals surface area (Å²) in [6.07, 6.45) is 8.26. The summed E-state index contributed by atoms with van der Waals surface area (Å²) in [7, 11) is 0. The van der Waals surface area contributed by atoms with Crippen molar-refractivity contribution in [1.82, 2.24) is 0 Å². The van der Waals surface area contributed by atoms with Crippen LogP contribution in [0.25, 0.3) is 0 Å². The first-order chi connectivity index (χ1) is 7.29. The van der Waals surface area contributed by atoms with E-state index in [0.717, 1.165) is 24.1 Å². The SMILES string of the molecule is CCCCOC1=NC2=CCC(O)=CC2=C1. The van der Waals surface area contributed by atoms with Gasteiger partial charge in [-0.1, -0.05) is 19.4 Å². The zero-order valence-electron chi connectivity index (χ0n) is 8.86. The lowest BCUT2D eigenvalue weighted by Crippen LogP contribution is -2.00. The Morgan fingerprint density at radius 1 is 1.47 bits per heavy atom. The molecular formula is C12H15NO2. The number of ether oxygens (including phenoxy) is 1. The van der Waals surface area contributed by atoms with Gasteiger partial charge in [0.2, 0.25) is 5.90 Å². The molecule has 2 rings (SSSR count).